The molecule has 1 saturated heterocycles. The SMILES string of the molecule is CC(C)[C@H]1CC[C@@H](n2cc(NC(=O)c3cnn4ccc(N5CCNCC5)nc34)c(C(F)F)n2)CC1. The summed E-state index contributed by atoms with van der Waals surface area (Å²) >= 11 is 0. The monoisotopic (exact) mass is 486 g/mol. The van der Waals surface area contributed by atoms with E-state index >= 15 is 0 Å². The lowest BCUT2D eigenvalue weighted by atomic mass is 9.80. The summed E-state index contributed by atoms with van der Waals surface area (Å²) in [7, 11) is 0. The van der Waals surface area contributed by atoms with Gasteiger partial charge in [-0.1, -0.05) is 13.8 Å². The predicted octanol–water partition coefficient (Wildman–Crippen LogP) is 3.91. The third-order valence-electron chi connectivity index (χ3n) is 7.31. The number of hydrogen-bond donors (Lipinski definition) is 2. The topological polar surface area (TPSA) is 92.4 Å². The van der Waals surface area contributed by atoms with Crippen LogP contribution < -0.4 is 15.5 Å². The molecule has 3 aromatic rings. The number of aromatic nitrogens is 5. The van der Waals surface area contributed by atoms with Crippen LogP contribution in [0.5, 0.6) is 0 Å². The molecular formula is C24H32F2N8O. The molecule has 0 radical (unpaired) electrons. The fraction of sp³-hybridized carbons (Fsp3) is 0.583. The first-order valence-electron chi connectivity index (χ1n) is 12.4. The predicted molar refractivity (Wildman–Crippen MR) is 129 cm³/mol. The van der Waals surface area contributed by atoms with E-state index in [0.29, 0.717) is 17.5 Å². The molecule has 4 heterocycles. The van der Waals surface area contributed by atoms with Gasteiger partial charge in [0, 0.05) is 38.6 Å². The Bertz CT molecular complexity index is 1180. The van der Waals surface area contributed by atoms with Crippen LogP contribution in [-0.2, 0) is 0 Å². The quantitative estimate of drug-likeness (QED) is 0.549. The summed E-state index contributed by atoms with van der Waals surface area (Å²) in [5.74, 6) is 1.50. The molecule has 0 aromatic carbocycles. The van der Waals surface area contributed by atoms with Crippen molar-refractivity contribution in [3.05, 3.63) is 35.9 Å². The maximum absolute atomic E-state index is 13.8. The average molecular weight is 487 g/mol. The molecule has 1 amide bonds. The average Bonchev–Trinajstić information content (AvgIpc) is 3.49. The molecule has 188 valence electrons. The van der Waals surface area contributed by atoms with Gasteiger partial charge in [0.2, 0.25) is 0 Å². The molecule has 0 unspecified atom stereocenters. The Balaban J connectivity index is 1.36. The Morgan fingerprint density at radius 2 is 1.91 bits per heavy atom. The molecule has 2 fully saturated rings. The Kier molecular flexibility index (Phi) is 6.68. The zero-order chi connectivity index (χ0) is 24.5. The number of carbonyl (C=O) groups excluding carboxylic acids is 1. The van der Waals surface area contributed by atoms with E-state index in [9.17, 15) is 13.6 Å². The highest BCUT2D eigenvalue weighted by molar-refractivity contribution is 6.08. The van der Waals surface area contributed by atoms with Crippen LogP contribution in [-0.4, -0.2) is 56.5 Å². The van der Waals surface area contributed by atoms with Gasteiger partial charge in [-0.2, -0.15) is 10.2 Å². The minimum absolute atomic E-state index is 0.0357. The van der Waals surface area contributed by atoms with Crippen molar-refractivity contribution in [3.63, 3.8) is 0 Å². The van der Waals surface area contributed by atoms with Gasteiger partial charge in [0.1, 0.15) is 11.4 Å². The minimum atomic E-state index is -2.79. The second kappa shape index (κ2) is 9.88. The Hall–Kier alpha value is -3.08. The zero-order valence-corrected chi connectivity index (χ0v) is 20.1. The third kappa shape index (κ3) is 4.86. The van der Waals surface area contributed by atoms with E-state index < -0.39 is 18.0 Å². The number of alkyl halides is 2. The largest absolute Gasteiger partial charge is 0.354 e. The molecule has 2 N–H and O–H groups in total. The lowest BCUT2D eigenvalue weighted by Crippen LogP contribution is -2.43. The number of nitrogens with zero attached hydrogens (tertiary/aromatic N) is 6. The molecule has 35 heavy (non-hydrogen) atoms. The first-order valence-corrected chi connectivity index (χ1v) is 12.4. The summed E-state index contributed by atoms with van der Waals surface area (Å²) in [6.45, 7) is 7.80. The normalized spacial score (nSPS) is 21.3. The van der Waals surface area contributed by atoms with E-state index in [0.717, 1.165) is 57.7 Å². The number of carbonyl (C=O) groups is 1. The van der Waals surface area contributed by atoms with Crippen molar-refractivity contribution in [1.29, 1.82) is 0 Å². The van der Waals surface area contributed by atoms with E-state index in [2.05, 4.69) is 44.6 Å². The van der Waals surface area contributed by atoms with E-state index in [1.165, 1.54) is 10.7 Å². The number of halogens is 2. The molecule has 3 aromatic heterocycles. The maximum Gasteiger partial charge on any atom is 0.284 e. The van der Waals surface area contributed by atoms with Gasteiger partial charge in [-0.3, -0.25) is 9.48 Å². The van der Waals surface area contributed by atoms with Crippen LogP contribution in [0.1, 0.15) is 68.0 Å². The summed E-state index contributed by atoms with van der Waals surface area (Å²) in [6.07, 6.45) is 5.83. The number of anilines is 2. The molecule has 5 rings (SSSR count). The van der Waals surface area contributed by atoms with Crippen LogP contribution >= 0.6 is 0 Å². The van der Waals surface area contributed by atoms with Crippen LogP contribution in [0.2, 0.25) is 0 Å². The third-order valence-corrected chi connectivity index (χ3v) is 7.31. The number of hydrogen-bond acceptors (Lipinski definition) is 6. The van der Waals surface area contributed by atoms with Crippen LogP contribution in [0.15, 0.2) is 24.7 Å². The summed E-state index contributed by atoms with van der Waals surface area (Å²) in [5.41, 5.74) is 0.243. The van der Waals surface area contributed by atoms with Gasteiger partial charge >= 0.3 is 0 Å². The second-order valence-electron chi connectivity index (χ2n) is 9.82. The highest BCUT2D eigenvalue weighted by atomic mass is 19.3. The first kappa shape index (κ1) is 23.7. The molecule has 1 aliphatic carbocycles. The van der Waals surface area contributed by atoms with Gasteiger partial charge < -0.3 is 15.5 Å². The highest BCUT2D eigenvalue weighted by Gasteiger charge is 2.28. The minimum Gasteiger partial charge on any atom is -0.354 e. The van der Waals surface area contributed by atoms with Crippen molar-refractivity contribution in [1.82, 2.24) is 29.7 Å². The standard InChI is InChI=1S/C24H32F2N8O/c1-15(2)16-3-5-17(6-4-16)34-14-19(21(31-34)22(25)26)29-24(35)18-13-28-33-10-7-20(30-23(18)33)32-11-8-27-9-12-32/h7,10,13-17,22,27H,3-6,8-9,11-12H2,1-2H3,(H,29,35)/t16-,17+. The van der Waals surface area contributed by atoms with Crippen molar-refractivity contribution in [2.45, 2.75) is 52.0 Å². The molecule has 11 heteroatoms. The van der Waals surface area contributed by atoms with E-state index in [1.54, 1.807) is 17.1 Å². The van der Waals surface area contributed by atoms with Gasteiger partial charge in [0.15, 0.2) is 11.3 Å². The molecule has 2 aliphatic rings. The first-order chi connectivity index (χ1) is 16.9. The van der Waals surface area contributed by atoms with E-state index in [4.69, 9.17) is 0 Å². The maximum atomic E-state index is 13.8. The van der Waals surface area contributed by atoms with Crippen molar-refractivity contribution >= 4 is 23.1 Å². The summed E-state index contributed by atoms with van der Waals surface area (Å²) in [5, 5.41) is 14.3. The van der Waals surface area contributed by atoms with Crippen molar-refractivity contribution < 1.29 is 13.6 Å². The van der Waals surface area contributed by atoms with E-state index in [-0.39, 0.29) is 17.3 Å². The number of amides is 1. The second-order valence-corrected chi connectivity index (χ2v) is 9.82. The Morgan fingerprint density at radius 3 is 2.60 bits per heavy atom. The summed E-state index contributed by atoms with van der Waals surface area (Å²) in [4.78, 5) is 19.9. The fourth-order valence-corrected chi connectivity index (χ4v) is 5.16. The van der Waals surface area contributed by atoms with Crippen molar-refractivity contribution in [2.24, 2.45) is 11.8 Å². The van der Waals surface area contributed by atoms with Crippen LogP contribution in [0.3, 0.4) is 0 Å². The van der Waals surface area contributed by atoms with E-state index in [1.807, 2.05) is 6.07 Å². The van der Waals surface area contributed by atoms with Crippen LogP contribution in [0, 0.1) is 11.8 Å². The molecule has 1 aliphatic heterocycles. The molecule has 0 spiro atoms. The molecule has 0 bridgehead atoms. The van der Waals surface area contributed by atoms with Crippen LogP contribution in [0.4, 0.5) is 20.3 Å². The van der Waals surface area contributed by atoms with Gasteiger partial charge in [-0.15, -0.1) is 0 Å². The summed E-state index contributed by atoms with van der Waals surface area (Å²) in [6, 6.07) is 1.92. The highest BCUT2D eigenvalue weighted by Crippen LogP contribution is 2.37. The van der Waals surface area contributed by atoms with Crippen molar-refractivity contribution in [3.8, 4) is 0 Å². The Morgan fingerprint density at radius 1 is 1.17 bits per heavy atom. The summed E-state index contributed by atoms with van der Waals surface area (Å²) < 4.78 is 30.8. The van der Waals surface area contributed by atoms with Crippen LogP contribution in [0.25, 0.3) is 5.65 Å². The Labute approximate surface area is 202 Å². The number of piperazine rings is 1. The fourth-order valence-electron chi connectivity index (χ4n) is 5.16. The lowest BCUT2D eigenvalue weighted by molar-refractivity contribution is 0.102. The van der Waals surface area contributed by atoms with Gasteiger partial charge in [0.25, 0.3) is 12.3 Å². The number of rotatable bonds is 6. The van der Waals surface area contributed by atoms with Crippen molar-refractivity contribution in [2.75, 3.05) is 36.4 Å². The van der Waals surface area contributed by atoms with Gasteiger partial charge in [0.05, 0.1) is 17.9 Å². The molecular weight excluding hydrogens is 454 g/mol. The molecule has 0 atom stereocenters. The molecule has 1 saturated carbocycles. The lowest BCUT2D eigenvalue weighted by Gasteiger charge is -2.30. The number of fused-ring (bicyclic) bond motifs is 1. The van der Waals surface area contributed by atoms with Gasteiger partial charge in [-0.05, 0) is 43.6 Å². The smallest absolute Gasteiger partial charge is 0.284 e. The molecule has 9 nitrogen and oxygen atoms in total. The number of nitrogens with one attached hydrogen (secondary N) is 2. The van der Waals surface area contributed by atoms with Gasteiger partial charge in [-0.25, -0.2) is 18.3 Å². The zero-order valence-electron chi connectivity index (χ0n) is 20.1.